The van der Waals surface area contributed by atoms with Gasteiger partial charge in [-0.3, -0.25) is 9.67 Å². The lowest BCUT2D eigenvalue weighted by Gasteiger charge is -2.24. The monoisotopic (exact) mass is 461 g/mol. The minimum absolute atomic E-state index is 0. The molecule has 2 rings (SSSR count). The van der Waals surface area contributed by atoms with Gasteiger partial charge in [-0.05, 0) is 6.42 Å². The maximum absolute atomic E-state index is 12.9. The Morgan fingerprint density at radius 1 is 1.54 bits per heavy atom. The molecule has 1 aliphatic rings. The number of aliphatic imine (C=N–C) groups is 1. The summed E-state index contributed by atoms with van der Waals surface area (Å²) in [5.41, 5.74) is -0.770. The van der Waals surface area contributed by atoms with E-state index in [4.69, 9.17) is 4.74 Å². The average molecular weight is 461 g/mol. The average Bonchev–Trinajstić information content (AvgIpc) is 3.08. The van der Waals surface area contributed by atoms with Crippen molar-refractivity contribution in [1.29, 1.82) is 0 Å². The van der Waals surface area contributed by atoms with Crippen LogP contribution in [-0.2, 0) is 24.5 Å². The number of nitrogens with zero attached hydrogens (tertiary/aromatic N) is 4. The summed E-state index contributed by atoms with van der Waals surface area (Å²) in [4.78, 5) is 6.03. The molecule has 1 saturated heterocycles. The van der Waals surface area contributed by atoms with Crippen molar-refractivity contribution in [1.82, 2.24) is 20.0 Å². The smallest absolute Gasteiger partial charge is 0.381 e. The second-order valence-electron chi connectivity index (χ2n) is 5.69. The zero-order chi connectivity index (χ0) is 17.0. The number of aryl methyl sites for hydroxylation is 1. The first-order chi connectivity index (χ1) is 10.8. The summed E-state index contributed by atoms with van der Waals surface area (Å²) in [6, 6.07) is 0. The molecule has 6 nitrogen and oxygen atoms in total. The van der Waals surface area contributed by atoms with Crippen molar-refractivity contribution in [2.75, 3.05) is 33.9 Å². The quantitative estimate of drug-likeness (QED) is 0.424. The first-order valence-electron chi connectivity index (χ1n) is 7.40. The lowest BCUT2D eigenvalue weighted by molar-refractivity contribution is -0.142. The Morgan fingerprint density at radius 3 is 2.79 bits per heavy atom. The highest BCUT2D eigenvalue weighted by molar-refractivity contribution is 14.0. The van der Waals surface area contributed by atoms with Crippen molar-refractivity contribution in [2.24, 2.45) is 18.0 Å². The van der Waals surface area contributed by atoms with Gasteiger partial charge in [0.25, 0.3) is 0 Å². The molecule has 1 aromatic heterocycles. The van der Waals surface area contributed by atoms with E-state index in [0.717, 1.165) is 19.6 Å². The van der Waals surface area contributed by atoms with Crippen molar-refractivity contribution in [3.8, 4) is 0 Å². The molecule has 10 heteroatoms. The highest BCUT2D eigenvalue weighted by atomic mass is 127. The van der Waals surface area contributed by atoms with Gasteiger partial charge in [0.2, 0.25) is 0 Å². The Bertz CT molecular complexity index is 555. The first kappa shape index (κ1) is 21.0. The Balaban J connectivity index is 0.00000288. The van der Waals surface area contributed by atoms with Gasteiger partial charge in [0.15, 0.2) is 11.7 Å². The Kier molecular flexibility index (Phi) is 7.77. The van der Waals surface area contributed by atoms with Crippen LogP contribution in [-0.4, -0.2) is 54.5 Å². The molecular formula is C14H23F3IN5O. The lowest BCUT2D eigenvalue weighted by Crippen LogP contribution is -2.41. The zero-order valence-electron chi connectivity index (χ0n) is 13.9. The summed E-state index contributed by atoms with van der Waals surface area (Å²) in [5, 5.41) is 6.46. The molecule has 138 valence electrons. The first-order valence-corrected chi connectivity index (χ1v) is 7.40. The summed E-state index contributed by atoms with van der Waals surface area (Å²) in [6.45, 7) is 2.23. The molecule has 0 amide bonds. The number of rotatable bonds is 4. The van der Waals surface area contributed by atoms with Gasteiger partial charge in [0, 0.05) is 58.5 Å². The predicted octanol–water partition coefficient (Wildman–Crippen LogP) is 2.10. The predicted molar refractivity (Wildman–Crippen MR) is 95.4 cm³/mol. The summed E-state index contributed by atoms with van der Waals surface area (Å²) in [7, 11) is 4.94. The molecule has 2 heterocycles. The van der Waals surface area contributed by atoms with Crippen LogP contribution in [0.3, 0.4) is 0 Å². The third-order valence-corrected chi connectivity index (χ3v) is 3.74. The lowest BCUT2D eigenvalue weighted by atomic mass is 10.1. The van der Waals surface area contributed by atoms with Gasteiger partial charge >= 0.3 is 6.18 Å². The second kappa shape index (κ2) is 8.88. The molecule has 1 aromatic rings. The van der Waals surface area contributed by atoms with Crippen molar-refractivity contribution in [2.45, 2.75) is 19.1 Å². The van der Waals surface area contributed by atoms with Crippen LogP contribution in [0.5, 0.6) is 0 Å². The zero-order valence-corrected chi connectivity index (χ0v) is 16.3. The molecule has 0 saturated carbocycles. The third-order valence-electron chi connectivity index (χ3n) is 3.74. The van der Waals surface area contributed by atoms with Crippen molar-refractivity contribution in [3.63, 3.8) is 0 Å². The number of guanidine groups is 1. The van der Waals surface area contributed by atoms with Crippen LogP contribution in [0.4, 0.5) is 13.2 Å². The van der Waals surface area contributed by atoms with Gasteiger partial charge < -0.3 is 15.0 Å². The van der Waals surface area contributed by atoms with E-state index in [2.05, 4.69) is 15.4 Å². The minimum Gasteiger partial charge on any atom is -0.381 e. The fraction of sp³-hybridized carbons (Fsp3) is 0.714. The van der Waals surface area contributed by atoms with E-state index >= 15 is 0 Å². The number of aromatic nitrogens is 2. The number of hydrogen-bond acceptors (Lipinski definition) is 3. The molecule has 1 unspecified atom stereocenters. The van der Waals surface area contributed by atoms with E-state index in [1.54, 1.807) is 7.05 Å². The van der Waals surface area contributed by atoms with Crippen LogP contribution in [0.15, 0.2) is 11.2 Å². The number of nitrogens with one attached hydrogen (secondary N) is 1. The van der Waals surface area contributed by atoms with E-state index in [1.165, 1.54) is 17.9 Å². The third kappa shape index (κ3) is 5.50. The molecule has 1 aliphatic heterocycles. The topological polar surface area (TPSA) is 54.7 Å². The van der Waals surface area contributed by atoms with Gasteiger partial charge in [0.05, 0.1) is 6.61 Å². The Hall–Kier alpha value is -1.04. The SMILES string of the molecule is CN=C(NCc1cn(C)nc1C(F)(F)F)N(C)CC1CCOC1.I. The van der Waals surface area contributed by atoms with Crippen molar-refractivity contribution in [3.05, 3.63) is 17.5 Å². The van der Waals surface area contributed by atoms with Gasteiger partial charge in [-0.1, -0.05) is 0 Å². The van der Waals surface area contributed by atoms with Gasteiger partial charge in [0.1, 0.15) is 0 Å². The fourth-order valence-electron chi connectivity index (χ4n) is 2.67. The van der Waals surface area contributed by atoms with E-state index in [-0.39, 0.29) is 36.1 Å². The van der Waals surface area contributed by atoms with Gasteiger partial charge in [-0.25, -0.2) is 0 Å². The highest BCUT2D eigenvalue weighted by Crippen LogP contribution is 2.30. The second-order valence-corrected chi connectivity index (χ2v) is 5.69. The molecule has 0 aromatic carbocycles. The summed E-state index contributed by atoms with van der Waals surface area (Å²) < 4.78 is 45.3. The number of hydrogen-bond donors (Lipinski definition) is 1. The van der Waals surface area contributed by atoms with Crippen LogP contribution >= 0.6 is 24.0 Å². The molecule has 1 fully saturated rings. The fourth-order valence-corrected chi connectivity index (χ4v) is 2.67. The normalized spacial score (nSPS) is 18.4. The Morgan fingerprint density at radius 2 is 2.25 bits per heavy atom. The number of ether oxygens (including phenoxy) is 1. The molecule has 1 atom stereocenters. The van der Waals surface area contributed by atoms with Gasteiger partial charge in [-0.15, -0.1) is 24.0 Å². The standard InChI is InChI=1S/C14H22F3N5O.HI/c1-18-13(21(2)7-10-4-5-23-9-10)19-6-11-8-22(3)20-12(11)14(15,16)17;/h8,10H,4-7,9H2,1-3H3,(H,18,19);1H. The molecule has 0 radical (unpaired) electrons. The highest BCUT2D eigenvalue weighted by Gasteiger charge is 2.36. The molecule has 0 spiro atoms. The van der Waals surface area contributed by atoms with E-state index in [1.807, 2.05) is 11.9 Å². The van der Waals surface area contributed by atoms with Crippen LogP contribution < -0.4 is 5.32 Å². The van der Waals surface area contributed by atoms with E-state index < -0.39 is 11.9 Å². The summed E-state index contributed by atoms with van der Waals surface area (Å²) in [5.74, 6) is 0.969. The van der Waals surface area contributed by atoms with Crippen molar-refractivity contribution < 1.29 is 17.9 Å². The maximum atomic E-state index is 12.9. The summed E-state index contributed by atoms with van der Waals surface area (Å²) in [6.07, 6.45) is -2.11. The van der Waals surface area contributed by atoms with Crippen LogP contribution in [0, 0.1) is 5.92 Å². The maximum Gasteiger partial charge on any atom is 0.435 e. The van der Waals surface area contributed by atoms with Crippen LogP contribution in [0.1, 0.15) is 17.7 Å². The molecule has 0 aliphatic carbocycles. The molecule has 1 N–H and O–H groups in total. The molecular weight excluding hydrogens is 438 g/mol. The Labute approximate surface area is 156 Å². The molecule has 0 bridgehead atoms. The largest absolute Gasteiger partial charge is 0.435 e. The van der Waals surface area contributed by atoms with Crippen molar-refractivity contribution >= 4 is 29.9 Å². The minimum atomic E-state index is -4.46. The van der Waals surface area contributed by atoms with Gasteiger partial charge in [-0.2, -0.15) is 18.3 Å². The summed E-state index contributed by atoms with van der Waals surface area (Å²) >= 11 is 0. The van der Waals surface area contributed by atoms with Crippen LogP contribution in [0.2, 0.25) is 0 Å². The van der Waals surface area contributed by atoms with E-state index in [9.17, 15) is 13.2 Å². The molecule has 24 heavy (non-hydrogen) atoms. The number of halogens is 4. The number of alkyl halides is 3. The van der Waals surface area contributed by atoms with Crippen LogP contribution in [0.25, 0.3) is 0 Å². The van der Waals surface area contributed by atoms with E-state index in [0.29, 0.717) is 18.5 Å².